The summed E-state index contributed by atoms with van der Waals surface area (Å²) in [6.07, 6.45) is 12.3. The van der Waals surface area contributed by atoms with Gasteiger partial charge in [0.05, 0.1) is 0 Å². The molecule has 2 aliphatic carbocycles. The van der Waals surface area contributed by atoms with E-state index in [2.05, 4.69) is 24.4 Å². The van der Waals surface area contributed by atoms with Crippen LogP contribution in [0.3, 0.4) is 0 Å². The zero-order chi connectivity index (χ0) is 11.7. The second-order valence-corrected chi connectivity index (χ2v) is 5.91. The maximum Gasteiger partial charge on any atom is 0.120 e. The van der Waals surface area contributed by atoms with Gasteiger partial charge >= 0.3 is 0 Å². The van der Waals surface area contributed by atoms with E-state index >= 15 is 0 Å². The van der Waals surface area contributed by atoms with Gasteiger partial charge in [0, 0.05) is 13.0 Å². The minimum atomic E-state index is 0.0199. The van der Waals surface area contributed by atoms with Gasteiger partial charge in [-0.3, -0.25) is 0 Å². The third-order valence-corrected chi connectivity index (χ3v) is 4.38. The van der Waals surface area contributed by atoms with Gasteiger partial charge in [0.25, 0.3) is 0 Å². The van der Waals surface area contributed by atoms with E-state index in [1.54, 1.807) is 0 Å². The van der Waals surface area contributed by atoms with Gasteiger partial charge in [-0.2, -0.15) is 0 Å². The van der Waals surface area contributed by atoms with Gasteiger partial charge in [0.2, 0.25) is 0 Å². The second kappa shape index (κ2) is 4.49. The zero-order valence-corrected chi connectivity index (χ0v) is 10.8. The van der Waals surface area contributed by atoms with Crippen LogP contribution in [0.5, 0.6) is 0 Å². The Morgan fingerprint density at radius 3 is 2.76 bits per heavy atom. The van der Waals surface area contributed by atoms with Gasteiger partial charge in [0.15, 0.2) is 0 Å². The normalized spacial score (nSPS) is 33.9. The molecule has 1 saturated carbocycles. The molecule has 0 bridgehead atoms. The molecule has 0 radical (unpaired) electrons. The fraction of sp³-hybridized carbons (Fsp3) is 0.733. The monoisotopic (exact) mass is 233 g/mol. The number of ether oxygens (including phenoxy) is 1. The number of nitrogens with one attached hydrogen (secondary N) is 1. The van der Waals surface area contributed by atoms with Crippen molar-refractivity contribution in [3.05, 3.63) is 23.5 Å². The summed E-state index contributed by atoms with van der Waals surface area (Å²) in [6, 6.07) is 0. The highest BCUT2D eigenvalue weighted by Gasteiger charge is 2.34. The maximum atomic E-state index is 6.34. The Hall–Kier alpha value is -0.760. The summed E-state index contributed by atoms with van der Waals surface area (Å²) < 4.78 is 6.34. The molecule has 0 spiro atoms. The predicted molar refractivity (Wildman–Crippen MR) is 69.7 cm³/mol. The van der Waals surface area contributed by atoms with Crippen molar-refractivity contribution in [2.24, 2.45) is 5.92 Å². The van der Waals surface area contributed by atoms with Crippen molar-refractivity contribution in [3.8, 4) is 0 Å². The molecule has 3 rings (SSSR count). The minimum Gasteiger partial charge on any atom is -0.486 e. The highest BCUT2D eigenvalue weighted by Crippen LogP contribution is 2.40. The highest BCUT2D eigenvalue weighted by molar-refractivity contribution is 5.33. The van der Waals surface area contributed by atoms with Crippen LogP contribution in [0.1, 0.15) is 45.4 Å². The Morgan fingerprint density at radius 1 is 1.29 bits per heavy atom. The Bertz CT molecular complexity index is 346. The lowest BCUT2D eigenvalue weighted by Crippen LogP contribution is -2.32. The van der Waals surface area contributed by atoms with Gasteiger partial charge in [-0.05, 0) is 56.7 Å². The van der Waals surface area contributed by atoms with E-state index in [1.165, 1.54) is 37.0 Å². The van der Waals surface area contributed by atoms with Crippen molar-refractivity contribution in [3.63, 3.8) is 0 Å². The van der Waals surface area contributed by atoms with Crippen LogP contribution in [0.15, 0.2) is 23.5 Å². The SMILES string of the molecule is C[C@@]1(OC2=CCCC=C2C2CCC2)CCNC1. The van der Waals surface area contributed by atoms with Crippen LogP contribution in [0.4, 0.5) is 0 Å². The first-order valence-electron chi connectivity index (χ1n) is 7.07. The first kappa shape index (κ1) is 11.3. The first-order chi connectivity index (χ1) is 8.27. The predicted octanol–water partition coefficient (Wildman–Crippen LogP) is 3.16. The average molecular weight is 233 g/mol. The van der Waals surface area contributed by atoms with E-state index in [4.69, 9.17) is 4.74 Å². The minimum absolute atomic E-state index is 0.0199. The van der Waals surface area contributed by atoms with Crippen LogP contribution in [0, 0.1) is 5.92 Å². The van der Waals surface area contributed by atoms with Crippen LogP contribution in [-0.4, -0.2) is 18.7 Å². The molecule has 2 fully saturated rings. The quantitative estimate of drug-likeness (QED) is 0.808. The van der Waals surface area contributed by atoms with E-state index in [0.717, 1.165) is 31.8 Å². The molecule has 0 aromatic carbocycles. The van der Waals surface area contributed by atoms with E-state index in [1.807, 2.05) is 0 Å². The third kappa shape index (κ3) is 2.28. The number of allylic oxidation sites excluding steroid dienone is 3. The lowest BCUT2D eigenvalue weighted by molar-refractivity contribution is 0.0362. The molecular formula is C15H23NO. The Labute approximate surface area is 104 Å². The summed E-state index contributed by atoms with van der Waals surface area (Å²) in [6.45, 7) is 4.31. The molecule has 3 aliphatic rings. The maximum absolute atomic E-state index is 6.34. The lowest BCUT2D eigenvalue weighted by atomic mass is 9.77. The van der Waals surface area contributed by atoms with Crippen molar-refractivity contribution in [2.45, 2.75) is 51.0 Å². The van der Waals surface area contributed by atoms with Crippen LogP contribution < -0.4 is 5.32 Å². The first-order valence-corrected chi connectivity index (χ1v) is 7.07. The Balaban J connectivity index is 1.71. The van der Waals surface area contributed by atoms with Gasteiger partial charge in [-0.15, -0.1) is 0 Å². The Kier molecular flexibility index (Phi) is 2.99. The molecule has 2 nitrogen and oxygen atoms in total. The molecule has 1 heterocycles. The highest BCUT2D eigenvalue weighted by atomic mass is 16.5. The molecule has 1 aliphatic heterocycles. The summed E-state index contributed by atoms with van der Waals surface area (Å²) in [5.74, 6) is 1.99. The van der Waals surface area contributed by atoms with Crippen LogP contribution in [-0.2, 0) is 4.74 Å². The summed E-state index contributed by atoms with van der Waals surface area (Å²) in [4.78, 5) is 0. The van der Waals surface area contributed by atoms with Crippen molar-refractivity contribution in [1.82, 2.24) is 5.32 Å². The van der Waals surface area contributed by atoms with Gasteiger partial charge < -0.3 is 10.1 Å². The summed E-state index contributed by atoms with van der Waals surface area (Å²) in [5, 5.41) is 3.40. The van der Waals surface area contributed by atoms with Crippen LogP contribution in [0.2, 0.25) is 0 Å². The fourth-order valence-corrected chi connectivity index (χ4v) is 3.01. The van der Waals surface area contributed by atoms with Crippen LogP contribution in [0.25, 0.3) is 0 Å². The largest absolute Gasteiger partial charge is 0.486 e. The molecule has 94 valence electrons. The molecule has 0 aromatic rings. The molecule has 0 unspecified atom stereocenters. The molecule has 1 N–H and O–H groups in total. The van der Waals surface area contributed by atoms with Crippen molar-refractivity contribution >= 4 is 0 Å². The van der Waals surface area contributed by atoms with E-state index in [0.29, 0.717) is 0 Å². The lowest BCUT2D eigenvalue weighted by Gasteiger charge is -2.35. The standard InChI is InChI=1S/C15H23NO/c1-15(9-10-16-11-15)17-14-8-3-2-7-13(14)12-5-4-6-12/h7-8,12,16H,2-6,9-11H2,1H3/t15-/m1/s1. The van der Waals surface area contributed by atoms with Gasteiger partial charge in [0.1, 0.15) is 11.4 Å². The Morgan fingerprint density at radius 2 is 2.12 bits per heavy atom. The molecular weight excluding hydrogens is 210 g/mol. The summed E-state index contributed by atoms with van der Waals surface area (Å²) >= 11 is 0. The zero-order valence-electron chi connectivity index (χ0n) is 10.8. The molecule has 0 aromatic heterocycles. The average Bonchev–Trinajstić information content (AvgIpc) is 2.65. The van der Waals surface area contributed by atoms with Crippen LogP contribution >= 0.6 is 0 Å². The van der Waals surface area contributed by atoms with Gasteiger partial charge in [-0.25, -0.2) is 0 Å². The van der Waals surface area contributed by atoms with Crippen molar-refractivity contribution in [1.29, 1.82) is 0 Å². The fourth-order valence-electron chi connectivity index (χ4n) is 3.01. The van der Waals surface area contributed by atoms with E-state index in [9.17, 15) is 0 Å². The second-order valence-electron chi connectivity index (χ2n) is 5.91. The molecule has 0 amide bonds. The third-order valence-electron chi connectivity index (χ3n) is 4.38. The summed E-state index contributed by atoms with van der Waals surface area (Å²) in [7, 11) is 0. The van der Waals surface area contributed by atoms with Crippen molar-refractivity contribution < 1.29 is 4.74 Å². The van der Waals surface area contributed by atoms with Gasteiger partial charge in [-0.1, -0.05) is 12.5 Å². The smallest absolute Gasteiger partial charge is 0.120 e. The topological polar surface area (TPSA) is 21.3 Å². The summed E-state index contributed by atoms with van der Waals surface area (Å²) in [5.41, 5.74) is 1.53. The number of rotatable bonds is 3. The van der Waals surface area contributed by atoms with E-state index < -0.39 is 0 Å². The number of hydrogen-bond donors (Lipinski definition) is 1. The molecule has 2 heteroatoms. The molecule has 1 saturated heterocycles. The van der Waals surface area contributed by atoms with Crippen molar-refractivity contribution in [2.75, 3.05) is 13.1 Å². The molecule has 17 heavy (non-hydrogen) atoms. The van der Waals surface area contributed by atoms with E-state index in [-0.39, 0.29) is 5.60 Å². The molecule has 1 atom stereocenters. The number of hydrogen-bond acceptors (Lipinski definition) is 2.